The zero-order valence-electron chi connectivity index (χ0n) is 37.1. The third-order valence-corrected chi connectivity index (χ3v) is 12.1. The molecule has 0 heterocycles. The Balaban J connectivity index is 4.01. The van der Waals surface area contributed by atoms with Crippen molar-refractivity contribution in [1.29, 1.82) is 0 Å². The van der Waals surface area contributed by atoms with Gasteiger partial charge in [-0.15, -0.1) is 0 Å². The van der Waals surface area contributed by atoms with Gasteiger partial charge in [-0.2, -0.15) is 0 Å². The van der Waals surface area contributed by atoms with Gasteiger partial charge in [0.05, 0.1) is 25.4 Å². The van der Waals surface area contributed by atoms with Crippen molar-refractivity contribution in [2.75, 3.05) is 19.8 Å². The molecule has 0 aliphatic rings. The molecule has 0 radical (unpaired) electrons. The van der Waals surface area contributed by atoms with E-state index in [1.54, 1.807) is 0 Å². The fourth-order valence-corrected chi connectivity index (χ4v) is 8.19. The highest BCUT2D eigenvalue weighted by Crippen LogP contribution is 2.43. The number of nitrogens with two attached hydrogens (primary N) is 1. The second-order valence-corrected chi connectivity index (χ2v) is 18.1. The summed E-state index contributed by atoms with van der Waals surface area (Å²) in [6.07, 6.45) is 49.4. The van der Waals surface area contributed by atoms with Crippen molar-refractivity contribution >= 4 is 13.7 Å². The molecule has 0 aliphatic carbocycles. The molecule has 3 atom stereocenters. The Kier molecular flexibility index (Phi) is 43.2. The number of carbonyl (C=O) groups is 1. The number of rotatable bonds is 46. The first-order chi connectivity index (χ1) is 27.4. The molecule has 0 saturated carbocycles. The lowest BCUT2D eigenvalue weighted by atomic mass is 10.0. The van der Waals surface area contributed by atoms with Crippen molar-refractivity contribution in [3.8, 4) is 0 Å². The van der Waals surface area contributed by atoms with Crippen molar-refractivity contribution in [3.05, 3.63) is 12.2 Å². The lowest BCUT2D eigenvalue weighted by molar-refractivity contribution is -0.123. The van der Waals surface area contributed by atoms with Gasteiger partial charge in [0.15, 0.2) is 0 Å². The van der Waals surface area contributed by atoms with Crippen molar-refractivity contribution in [3.63, 3.8) is 0 Å². The summed E-state index contributed by atoms with van der Waals surface area (Å²) in [6.45, 7) is 4.23. The van der Waals surface area contributed by atoms with E-state index in [1.165, 1.54) is 186 Å². The zero-order chi connectivity index (χ0) is 41.1. The third kappa shape index (κ3) is 41.4. The van der Waals surface area contributed by atoms with Crippen LogP contribution < -0.4 is 11.1 Å². The van der Waals surface area contributed by atoms with E-state index in [0.717, 1.165) is 38.5 Å². The Bertz CT molecular complexity index is 891. The summed E-state index contributed by atoms with van der Waals surface area (Å²) < 4.78 is 22.2. The van der Waals surface area contributed by atoms with Crippen LogP contribution in [0.3, 0.4) is 0 Å². The predicted molar refractivity (Wildman–Crippen MR) is 240 cm³/mol. The van der Waals surface area contributed by atoms with Crippen LogP contribution in [-0.4, -0.2) is 47.8 Å². The molecule has 334 valence electrons. The molecule has 9 heteroatoms. The Labute approximate surface area is 347 Å². The first-order valence-electron chi connectivity index (χ1n) is 24.3. The zero-order valence-corrected chi connectivity index (χ0v) is 38.0. The smallest absolute Gasteiger partial charge is 0.391 e. The van der Waals surface area contributed by atoms with Gasteiger partial charge in [-0.05, 0) is 38.5 Å². The molecular weight excluding hydrogens is 719 g/mol. The molecule has 0 spiro atoms. The summed E-state index contributed by atoms with van der Waals surface area (Å²) in [7, 11) is -4.31. The second-order valence-electron chi connectivity index (χ2n) is 16.7. The molecule has 0 rings (SSSR count). The highest BCUT2D eigenvalue weighted by atomic mass is 31.2. The number of phosphoric acid groups is 1. The van der Waals surface area contributed by atoms with E-state index in [1.807, 2.05) is 0 Å². The molecule has 0 aromatic rings. The molecule has 5 N–H and O–H groups in total. The number of unbranched alkanes of at least 4 members (excludes halogenated alkanes) is 32. The molecular formula is C47H95N2O6P. The fraction of sp³-hybridized carbons (Fsp3) is 0.936. The van der Waals surface area contributed by atoms with Gasteiger partial charge in [0, 0.05) is 13.0 Å². The molecule has 8 nitrogen and oxygen atoms in total. The molecule has 0 fully saturated rings. The van der Waals surface area contributed by atoms with Crippen LogP contribution in [0.15, 0.2) is 12.2 Å². The number of carbonyl (C=O) groups excluding carboxylic acids is 1. The van der Waals surface area contributed by atoms with Crippen molar-refractivity contribution < 1.29 is 28.4 Å². The first-order valence-corrected chi connectivity index (χ1v) is 25.8. The maximum Gasteiger partial charge on any atom is 0.472 e. The van der Waals surface area contributed by atoms with E-state index >= 15 is 0 Å². The summed E-state index contributed by atoms with van der Waals surface area (Å²) in [4.78, 5) is 22.8. The van der Waals surface area contributed by atoms with Crippen LogP contribution in [0.2, 0.25) is 0 Å². The SMILES string of the molecule is CCCCCCCCCC/C=C\CCCCCCCCCCCCCC(=O)NC(COP(=O)(O)OCCN)C(O)CCCCCCCCCCCCCCCC. The van der Waals surface area contributed by atoms with Crippen LogP contribution >= 0.6 is 7.82 Å². The minimum absolute atomic E-state index is 0.0908. The average molecular weight is 815 g/mol. The van der Waals surface area contributed by atoms with Crippen molar-refractivity contribution in [1.82, 2.24) is 5.32 Å². The first kappa shape index (κ1) is 55.2. The fourth-order valence-electron chi connectivity index (χ4n) is 7.43. The molecule has 0 bridgehead atoms. The molecule has 0 aromatic carbocycles. The number of amides is 1. The van der Waals surface area contributed by atoms with Gasteiger partial charge >= 0.3 is 7.82 Å². The summed E-state index contributed by atoms with van der Waals surface area (Å²) in [5.74, 6) is -0.159. The highest BCUT2D eigenvalue weighted by molar-refractivity contribution is 7.47. The Morgan fingerprint density at radius 2 is 0.929 bits per heavy atom. The predicted octanol–water partition coefficient (Wildman–Crippen LogP) is 14.0. The number of aliphatic hydroxyl groups is 1. The van der Waals surface area contributed by atoms with Gasteiger partial charge in [0.2, 0.25) is 5.91 Å². The van der Waals surface area contributed by atoms with Gasteiger partial charge in [0.1, 0.15) is 0 Å². The molecule has 0 saturated heterocycles. The van der Waals surface area contributed by atoms with E-state index < -0.39 is 20.0 Å². The van der Waals surface area contributed by atoms with Gasteiger partial charge in [-0.3, -0.25) is 13.8 Å². The van der Waals surface area contributed by atoms with E-state index in [0.29, 0.717) is 12.8 Å². The van der Waals surface area contributed by atoms with Crippen LogP contribution in [0, 0.1) is 0 Å². The van der Waals surface area contributed by atoms with Gasteiger partial charge in [-0.25, -0.2) is 4.57 Å². The largest absolute Gasteiger partial charge is 0.472 e. The average Bonchev–Trinajstić information content (AvgIpc) is 3.19. The maximum atomic E-state index is 12.8. The molecule has 1 amide bonds. The number of nitrogens with one attached hydrogen (secondary N) is 1. The van der Waals surface area contributed by atoms with Crippen LogP contribution in [0.5, 0.6) is 0 Å². The lowest BCUT2D eigenvalue weighted by Crippen LogP contribution is -2.46. The summed E-state index contributed by atoms with van der Waals surface area (Å²) >= 11 is 0. The molecule has 56 heavy (non-hydrogen) atoms. The van der Waals surface area contributed by atoms with E-state index in [-0.39, 0.29) is 25.7 Å². The van der Waals surface area contributed by atoms with Crippen LogP contribution in [-0.2, 0) is 18.4 Å². The van der Waals surface area contributed by atoms with Crippen molar-refractivity contribution in [2.45, 2.75) is 264 Å². The normalized spacial score (nSPS) is 14.0. The lowest BCUT2D eigenvalue weighted by Gasteiger charge is -2.25. The Hall–Kier alpha value is -0.760. The summed E-state index contributed by atoms with van der Waals surface area (Å²) in [5.41, 5.74) is 5.39. The molecule has 3 unspecified atom stereocenters. The van der Waals surface area contributed by atoms with E-state index in [2.05, 4.69) is 31.3 Å². The van der Waals surface area contributed by atoms with Gasteiger partial charge in [0.25, 0.3) is 0 Å². The van der Waals surface area contributed by atoms with E-state index in [9.17, 15) is 19.4 Å². The molecule has 0 aromatic heterocycles. The van der Waals surface area contributed by atoms with E-state index in [4.69, 9.17) is 14.8 Å². The Morgan fingerprint density at radius 3 is 1.32 bits per heavy atom. The third-order valence-electron chi connectivity index (χ3n) is 11.1. The number of phosphoric ester groups is 1. The van der Waals surface area contributed by atoms with Gasteiger partial charge in [-0.1, -0.05) is 219 Å². The number of hydrogen-bond acceptors (Lipinski definition) is 6. The molecule has 0 aliphatic heterocycles. The minimum Gasteiger partial charge on any atom is -0.391 e. The maximum absolute atomic E-state index is 12.8. The monoisotopic (exact) mass is 815 g/mol. The topological polar surface area (TPSA) is 131 Å². The second kappa shape index (κ2) is 43.8. The summed E-state index contributed by atoms with van der Waals surface area (Å²) in [6, 6.07) is -0.771. The van der Waals surface area contributed by atoms with Gasteiger partial charge < -0.3 is 21.1 Å². The number of hydrogen-bond donors (Lipinski definition) is 4. The van der Waals surface area contributed by atoms with Crippen LogP contribution in [0.25, 0.3) is 0 Å². The minimum atomic E-state index is -4.31. The van der Waals surface area contributed by atoms with Crippen molar-refractivity contribution in [2.24, 2.45) is 5.73 Å². The Morgan fingerprint density at radius 1 is 0.571 bits per heavy atom. The van der Waals surface area contributed by atoms with Crippen LogP contribution in [0.4, 0.5) is 0 Å². The standard InChI is InChI=1S/C47H95N2O6P/c1-3-5-7-9-11-13-15-17-19-20-21-22-23-24-25-26-27-29-31-33-35-37-39-41-47(51)49-45(44-55-56(52,53)54-43-42-48)46(50)40-38-36-34-32-30-28-18-16-14-12-10-8-6-4-2/h20-21,45-46,50H,3-19,22-44,48H2,1-2H3,(H,49,51)(H,52,53)/b21-20-. The summed E-state index contributed by atoms with van der Waals surface area (Å²) in [5, 5.41) is 13.8. The van der Waals surface area contributed by atoms with Crippen LogP contribution in [0.1, 0.15) is 251 Å². The highest BCUT2D eigenvalue weighted by Gasteiger charge is 2.27. The number of allylic oxidation sites excluding steroid dienone is 2. The quantitative estimate of drug-likeness (QED) is 0.0273. The number of aliphatic hydroxyl groups excluding tert-OH is 1.